The molecule has 0 amide bonds. The van der Waals surface area contributed by atoms with Crippen LogP contribution in [0, 0.1) is 0 Å². The Hall–Kier alpha value is -1.58. The summed E-state index contributed by atoms with van der Waals surface area (Å²) in [6, 6.07) is 7.38. The number of aromatic nitrogens is 3. The zero-order valence-electron chi connectivity index (χ0n) is 11.3. The number of nitrogens with zero attached hydrogens (tertiary/aromatic N) is 2. The smallest absolute Gasteiger partial charge is 0.212 e. The van der Waals surface area contributed by atoms with E-state index in [9.17, 15) is 8.42 Å². The third-order valence-corrected chi connectivity index (χ3v) is 5.27. The second kappa shape index (κ2) is 7.43. The van der Waals surface area contributed by atoms with Crippen LogP contribution in [-0.2, 0) is 16.4 Å². The van der Waals surface area contributed by atoms with Crippen LogP contribution in [0.4, 0.5) is 5.69 Å². The number of hydrogen-bond donors (Lipinski definition) is 3. The van der Waals surface area contributed by atoms with Crippen molar-refractivity contribution in [2.45, 2.75) is 11.3 Å². The molecule has 0 spiro atoms. The minimum absolute atomic E-state index is 0.0584. The molecule has 114 valence electrons. The summed E-state index contributed by atoms with van der Waals surface area (Å²) >= 11 is 1.46. The highest BCUT2D eigenvalue weighted by Crippen LogP contribution is 2.20. The number of benzene rings is 1. The number of rotatable bonds is 8. The Morgan fingerprint density at radius 2 is 2.24 bits per heavy atom. The maximum atomic E-state index is 11.8. The molecule has 1 aromatic heterocycles. The monoisotopic (exact) mass is 327 g/mol. The predicted molar refractivity (Wildman–Crippen MR) is 83.5 cm³/mol. The van der Waals surface area contributed by atoms with Crippen molar-refractivity contribution in [1.29, 1.82) is 0 Å². The number of anilines is 1. The number of H-pyrrole nitrogens is 1. The molecule has 0 radical (unpaired) electrons. The lowest BCUT2D eigenvalue weighted by molar-refractivity contribution is 0.582. The zero-order valence-corrected chi connectivity index (χ0v) is 13.0. The van der Waals surface area contributed by atoms with Gasteiger partial charge >= 0.3 is 0 Å². The summed E-state index contributed by atoms with van der Waals surface area (Å²) < 4.78 is 26.2. The van der Waals surface area contributed by atoms with Gasteiger partial charge in [0.2, 0.25) is 10.0 Å². The lowest BCUT2D eigenvalue weighted by atomic mass is 10.3. The van der Waals surface area contributed by atoms with Crippen LogP contribution in [0.2, 0.25) is 0 Å². The van der Waals surface area contributed by atoms with Gasteiger partial charge in [0.15, 0.2) is 0 Å². The number of nitrogens with two attached hydrogens (primary N) is 1. The summed E-state index contributed by atoms with van der Waals surface area (Å²) in [4.78, 5) is 4.89. The van der Waals surface area contributed by atoms with Crippen molar-refractivity contribution in [2.24, 2.45) is 0 Å². The van der Waals surface area contributed by atoms with Crippen LogP contribution in [0.25, 0.3) is 0 Å². The average Bonchev–Trinajstić information content (AvgIpc) is 2.91. The summed E-state index contributed by atoms with van der Waals surface area (Å²) in [6.45, 7) is 0.306. The minimum atomic E-state index is -3.28. The molecule has 2 aromatic rings. The van der Waals surface area contributed by atoms with Gasteiger partial charge in [0.25, 0.3) is 0 Å². The fourth-order valence-electron chi connectivity index (χ4n) is 1.62. The van der Waals surface area contributed by atoms with Gasteiger partial charge in [-0.3, -0.25) is 5.10 Å². The van der Waals surface area contributed by atoms with Crippen molar-refractivity contribution < 1.29 is 8.42 Å². The molecule has 0 bridgehead atoms. The Balaban J connectivity index is 1.71. The quantitative estimate of drug-likeness (QED) is 0.484. The maximum Gasteiger partial charge on any atom is 0.212 e. The van der Waals surface area contributed by atoms with E-state index >= 15 is 0 Å². The Kier molecular flexibility index (Phi) is 5.59. The van der Waals surface area contributed by atoms with E-state index in [1.807, 2.05) is 18.2 Å². The molecule has 2 rings (SSSR count). The van der Waals surface area contributed by atoms with Crippen molar-refractivity contribution in [3.63, 3.8) is 0 Å². The van der Waals surface area contributed by atoms with Gasteiger partial charge < -0.3 is 5.73 Å². The molecule has 0 fully saturated rings. The summed E-state index contributed by atoms with van der Waals surface area (Å²) in [5.41, 5.74) is 6.34. The summed E-state index contributed by atoms with van der Waals surface area (Å²) in [5.74, 6) is 1.19. The topological polar surface area (TPSA) is 114 Å². The number of aromatic amines is 1. The molecule has 0 unspecified atom stereocenters. The normalized spacial score (nSPS) is 11.6. The Bertz CT molecular complexity index is 658. The molecule has 0 atom stereocenters. The van der Waals surface area contributed by atoms with Crippen molar-refractivity contribution in [2.75, 3.05) is 23.8 Å². The van der Waals surface area contributed by atoms with Crippen LogP contribution in [0.5, 0.6) is 0 Å². The Labute approximate surface area is 127 Å². The summed E-state index contributed by atoms with van der Waals surface area (Å²) in [6.07, 6.45) is 1.88. The Morgan fingerprint density at radius 1 is 1.38 bits per heavy atom. The molecule has 0 saturated heterocycles. The first-order chi connectivity index (χ1) is 10.1. The molecule has 0 aliphatic heterocycles. The molecule has 0 aliphatic carbocycles. The van der Waals surface area contributed by atoms with Gasteiger partial charge in [0, 0.05) is 29.3 Å². The summed E-state index contributed by atoms with van der Waals surface area (Å²) in [7, 11) is -3.28. The molecule has 1 heterocycles. The van der Waals surface area contributed by atoms with Gasteiger partial charge in [-0.05, 0) is 18.2 Å². The molecule has 4 N–H and O–H groups in total. The maximum absolute atomic E-state index is 11.8. The number of sulfonamides is 1. The van der Waals surface area contributed by atoms with E-state index in [-0.39, 0.29) is 5.75 Å². The molecule has 0 saturated carbocycles. The van der Waals surface area contributed by atoms with Gasteiger partial charge in [-0.15, -0.1) is 11.8 Å². The number of nitrogens with one attached hydrogen (secondary N) is 2. The van der Waals surface area contributed by atoms with Gasteiger partial charge in [-0.1, -0.05) is 6.07 Å². The second-order valence-electron chi connectivity index (χ2n) is 4.32. The molecule has 9 heteroatoms. The SMILES string of the molecule is Nc1cccc(SCCS(=O)(=O)NCCc2ncn[nH]2)c1. The first-order valence-electron chi connectivity index (χ1n) is 6.35. The molecule has 21 heavy (non-hydrogen) atoms. The van der Waals surface area contributed by atoms with E-state index in [1.54, 1.807) is 6.07 Å². The lowest BCUT2D eigenvalue weighted by Crippen LogP contribution is -2.29. The highest BCUT2D eigenvalue weighted by molar-refractivity contribution is 8.00. The van der Waals surface area contributed by atoms with Crippen molar-refractivity contribution >= 4 is 27.5 Å². The molecule has 7 nitrogen and oxygen atoms in total. The highest BCUT2D eigenvalue weighted by atomic mass is 32.2. The van der Waals surface area contributed by atoms with Gasteiger partial charge in [0.1, 0.15) is 12.2 Å². The lowest BCUT2D eigenvalue weighted by Gasteiger charge is -2.06. The fourth-order valence-corrected chi connectivity index (χ4v) is 4.02. The van der Waals surface area contributed by atoms with Crippen LogP contribution in [0.3, 0.4) is 0 Å². The van der Waals surface area contributed by atoms with E-state index < -0.39 is 10.0 Å². The first-order valence-corrected chi connectivity index (χ1v) is 8.99. The standard InChI is InChI=1S/C12H17N5O2S2/c13-10-2-1-3-11(8-10)20-6-7-21(18,19)16-5-4-12-14-9-15-17-12/h1-3,8-9,16H,4-7,13H2,(H,14,15,17). The number of thioether (sulfide) groups is 1. The van der Waals surface area contributed by atoms with Crippen LogP contribution in [0.15, 0.2) is 35.5 Å². The van der Waals surface area contributed by atoms with E-state index in [0.29, 0.717) is 30.2 Å². The molecule has 0 aliphatic rings. The van der Waals surface area contributed by atoms with E-state index in [2.05, 4.69) is 19.9 Å². The van der Waals surface area contributed by atoms with E-state index in [1.165, 1.54) is 18.1 Å². The van der Waals surface area contributed by atoms with Crippen molar-refractivity contribution in [3.05, 3.63) is 36.4 Å². The van der Waals surface area contributed by atoms with Crippen LogP contribution in [-0.4, -0.2) is 41.6 Å². The van der Waals surface area contributed by atoms with E-state index in [0.717, 1.165) is 4.90 Å². The first kappa shape index (κ1) is 15.8. The third kappa shape index (κ3) is 5.74. The van der Waals surface area contributed by atoms with E-state index in [4.69, 9.17) is 5.73 Å². The minimum Gasteiger partial charge on any atom is -0.399 e. The largest absolute Gasteiger partial charge is 0.399 e. The molecule has 1 aromatic carbocycles. The van der Waals surface area contributed by atoms with Crippen LogP contribution in [0.1, 0.15) is 5.82 Å². The van der Waals surface area contributed by atoms with Gasteiger partial charge in [0.05, 0.1) is 5.75 Å². The number of nitrogen functional groups attached to an aromatic ring is 1. The average molecular weight is 327 g/mol. The number of hydrogen-bond acceptors (Lipinski definition) is 6. The Morgan fingerprint density at radius 3 is 2.95 bits per heavy atom. The van der Waals surface area contributed by atoms with Crippen LogP contribution < -0.4 is 10.5 Å². The van der Waals surface area contributed by atoms with Crippen LogP contribution >= 0.6 is 11.8 Å². The van der Waals surface area contributed by atoms with Gasteiger partial charge in [-0.25, -0.2) is 18.1 Å². The third-order valence-electron chi connectivity index (χ3n) is 2.63. The van der Waals surface area contributed by atoms with Crippen molar-refractivity contribution in [1.82, 2.24) is 19.9 Å². The predicted octanol–water partition coefficient (Wildman–Crippen LogP) is 0.641. The highest BCUT2D eigenvalue weighted by Gasteiger charge is 2.10. The van der Waals surface area contributed by atoms with Gasteiger partial charge in [-0.2, -0.15) is 5.10 Å². The zero-order chi connectivity index (χ0) is 15.1. The van der Waals surface area contributed by atoms with Crippen molar-refractivity contribution in [3.8, 4) is 0 Å². The molecular weight excluding hydrogens is 310 g/mol. The molecular formula is C12H17N5O2S2. The fraction of sp³-hybridized carbons (Fsp3) is 0.333. The second-order valence-corrected chi connectivity index (χ2v) is 7.41. The summed E-state index contributed by atoms with van der Waals surface area (Å²) in [5, 5.41) is 6.38.